The maximum Gasteiger partial charge on any atom is 0 e. The molecule has 0 heterocycles. The summed E-state index contributed by atoms with van der Waals surface area (Å²) in [6.07, 6.45) is 0. The maximum atomic E-state index is 2.27. The van der Waals surface area contributed by atoms with Crippen LogP contribution in [0.3, 0.4) is 0 Å². The Morgan fingerprint density at radius 1 is 0.824 bits per heavy atom. The van der Waals surface area contributed by atoms with Gasteiger partial charge in [0.1, 0.15) is 0 Å². The van der Waals surface area contributed by atoms with E-state index in [0.717, 1.165) is 0 Å². The summed E-state index contributed by atoms with van der Waals surface area (Å²) in [7, 11) is 0.283. The van der Waals surface area contributed by atoms with Gasteiger partial charge in [-0.3, -0.25) is 0 Å². The molecule has 0 aliphatic rings. The van der Waals surface area contributed by atoms with Gasteiger partial charge in [-0.2, -0.15) is 12.1 Å². The standard InChI is InChI=1S/2C7H10P.Fe/c2*1-8(2)7-5-3-4-6-7;/h2*3-6H,1-2H3;/q-5;-1;. The van der Waals surface area contributed by atoms with Gasteiger partial charge in [0, 0.05) is 17.1 Å². The molecule has 2 rings (SSSR count). The molecule has 3 heteroatoms. The van der Waals surface area contributed by atoms with E-state index in [0.29, 0.717) is 0 Å². The van der Waals surface area contributed by atoms with E-state index in [1.807, 2.05) is 0 Å². The molecule has 0 nitrogen and oxygen atoms in total. The van der Waals surface area contributed by atoms with Gasteiger partial charge in [-0.1, -0.05) is 26.7 Å². The average Bonchev–Trinajstić information content (AvgIpc) is 2.93. The first-order valence-corrected chi connectivity index (χ1v) is 9.86. The van der Waals surface area contributed by atoms with Gasteiger partial charge in [-0.05, 0) is 0 Å². The van der Waals surface area contributed by atoms with Gasteiger partial charge in [0.25, 0.3) is 0 Å². The first-order valence-electron chi connectivity index (χ1n) is 5.39. The molecule has 0 saturated heterocycles. The molecule has 0 aliphatic heterocycles. The molecule has 0 amide bonds. The molecule has 0 spiro atoms. The molecule has 0 unspecified atom stereocenters. The quantitative estimate of drug-likeness (QED) is 0.452. The maximum absolute atomic E-state index is 2.27. The molecule has 0 aliphatic carbocycles. The Morgan fingerprint density at radius 3 is 1.53 bits per heavy atom. The van der Waals surface area contributed by atoms with E-state index in [4.69, 9.17) is 0 Å². The molecule has 0 fully saturated rings. The van der Waals surface area contributed by atoms with Crippen LogP contribution in [0.4, 0.5) is 0 Å². The van der Waals surface area contributed by atoms with Crippen LogP contribution in [0.2, 0.25) is 0 Å². The van der Waals surface area contributed by atoms with E-state index < -0.39 is 0 Å². The molecule has 2 aromatic rings. The topological polar surface area (TPSA) is 0 Å². The summed E-state index contributed by atoms with van der Waals surface area (Å²) in [5.41, 5.74) is 0. The minimum atomic E-state index is 0. The van der Waals surface area contributed by atoms with E-state index in [1.165, 1.54) is 10.6 Å². The van der Waals surface area contributed by atoms with Gasteiger partial charge >= 0.3 is 0 Å². The first-order chi connectivity index (χ1) is 7.61. The predicted octanol–water partition coefficient (Wildman–Crippen LogP) is 3.54. The summed E-state index contributed by atoms with van der Waals surface area (Å²) in [6.45, 7) is 9.07. The van der Waals surface area contributed by atoms with Crippen molar-refractivity contribution in [3.05, 3.63) is 48.5 Å². The van der Waals surface area contributed by atoms with Crippen molar-refractivity contribution in [2.24, 2.45) is 0 Å². The molecule has 0 atom stereocenters. The van der Waals surface area contributed by atoms with Crippen molar-refractivity contribution in [1.29, 1.82) is 0 Å². The second-order valence-electron chi connectivity index (χ2n) is 4.08. The van der Waals surface area contributed by atoms with Crippen LogP contribution < -0.4 is 10.6 Å². The third-order valence-electron chi connectivity index (χ3n) is 2.32. The molecular formula is C14H20FeP2-6. The molecule has 2 aromatic carbocycles. The molecule has 0 saturated carbocycles. The van der Waals surface area contributed by atoms with Crippen molar-refractivity contribution < 1.29 is 17.1 Å². The third kappa shape index (κ3) is 6.54. The predicted molar refractivity (Wildman–Crippen MR) is 80.9 cm³/mol. The van der Waals surface area contributed by atoms with Crippen molar-refractivity contribution in [2.75, 3.05) is 26.7 Å². The fourth-order valence-corrected chi connectivity index (χ4v) is 2.86. The van der Waals surface area contributed by atoms with Crippen molar-refractivity contribution in [2.45, 2.75) is 0 Å². The average molecular weight is 306 g/mol. The van der Waals surface area contributed by atoms with Crippen LogP contribution in [-0.4, -0.2) is 26.7 Å². The zero-order valence-electron chi connectivity index (χ0n) is 10.9. The molecule has 0 aromatic heterocycles. The summed E-state index contributed by atoms with van der Waals surface area (Å²) < 4.78 is 0. The van der Waals surface area contributed by atoms with Gasteiger partial charge < -0.3 is 37.5 Å². The molecule has 0 N–H and O–H groups in total. The van der Waals surface area contributed by atoms with Gasteiger partial charge in [0.05, 0.1) is 0 Å². The monoisotopic (exact) mass is 306 g/mol. The normalized spacial score (nSPS) is 9.76. The van der Waals surface area contributed by atoms with Crippen LogP contribution in [0.25, 0.3) is 0 Å². The summed E-state index contributed by atoms with van der Waals surface area (Å²) >= 11 is 0. The van der Waals surface area contributed by atoms with Crippen LogP contribution in [-0.2, 0) is 17.1 Å². The second-order valence-corrected chi connectivity index (χ2v) is 8.69. The Bertz CT molecular complexity index is 323. The minimum Gasteiger partial charge on any atom is -0.747 e. The van der Waals surface area contributed by atoms with E-state index in [9.17, 15) is 0 Å². The Morgan fingerprint density at radius 2 is 1.29 bits per heavy atom. The van der Waals surface area contributed by atoms with Gasteiger partial charge in [-0.15, -0.1) is 13.2 Å². The fraction of sp³-hybridized carbons (Fsp3) is 0.286. The van der Waals surface area contributed by atoms with Crippen LogP contribution >= 0.6 is 15.8 Å². The largest absolute Gasteiger partial charge is 0.747 e. The number of rotatable bonds is 2. The summed E-state index contributed by atoms with van der Waals surface area (Å²) in [4.78, 5) is 0. The Labute approximate surface area is 119 Å². The van der Waals surface area contributed by atoms with Crippen molar-refractivity contribution in [1.82, 2.24) is 0 Å². The van der Waals surface area contributed by atoms with E-state index in [-0.39, 0.29) is 32.9 Å². The zero-order valence-corrected chi connectivity index (χ0v) is 13.8. The van der Waals surface area contributed by atoms with Crippen molar-refractivity contribution in [3.63, 3.8) is 0 Å². The molecule has 100 valence electrons. The molecule has 17 heavy (non-hydrogen) atoms. The van der Waals surface area contributed by atoms with Crippen molar-refractivity contribution >= 4 is 26.5 Å². The molecule has 0 bridgehead atoms. The molecular weight excluding hydrogens is 286 g/mol. The van der Waals surface area contributed by atoms with E-state index in [1.54, 1.807) is 0 Å². The van der Waals surface area contributed by atoms with E-state index >= 15 is 0 Å². The smallest absolute Gasteiger partial charge is 0 e. The minimum absolute atomic E-state index is 0. The number of hydrogen-bond acceptors (Lipinski definition) is 0. The number of hydrogen-bond donors (Lipinski definition) is 0. The van der Waals surface area contributed by atoms with E-state index in [2.05, 4.69) is 75.2 Å². The van der Waals surface area contributed by atoms with Crippen LogP contribution in [0.1, 0.15) is 0 Å². The van der Waals surface area contributed by atoms with Crippen molar-refractivity contribution in [3.8, 4) is 0 Å². The van der Waals surface area contributed by atoms with Crippen LogP contribution in [0.15, 0.2) is 48.5 Å². The van der Waals surface area contributed by atoms with Crippen LogP contribution in [0.5, 0.6) is 0 Å². The second kappa shape index (κ2) is 9.07. The zero-order chi connectivity index (χ0) is 12.0. The summed E-state index contributed by atoms with van der Waals surface area (Å²) in [5, 5.41) is 3.00. The fourth-order valence-electron chi connectivity index (χ4n) is 1.32. The SMILES string of the molecule is CP(C)[c-]1[cH-][cH-][cH-][cH-]1.CP(C)[c-]1cccc1.[Fe]. The molecule has 0 radical (unpaired) electrons. The van der Waals surface area contributed by atoms with Gasteiger partial charge in [-0.25, -0.2) is 12.1 Å². The summed E-state index contributed by atoms with van der Waals surface area (Å²) in [6, 6.07) is 17.1. The van der Waals surface area contributed by atoms with Crippen LogP contribution in [0, 0.1) is 0 Å². The Kier molecular flexibility index (Phi) is 9.11. The Hall–Kier alpha value is 0.0795. The van der Waals surface area contributed by atoms with Gasteiger partial charge in [0.15, 0.2) is 0 Å². The van der Waals surface area contributed by atoms with Gasteiger partial charge in [0.2, 0.25) is 0 Å². The third-order valence-corrected chi connectivity index (χ3v) is 4.98. The Balaban J connectivity index is 0.000000284. The summed E-state index contributed by atoms with van der Waals surface area (Å²) in [5.74, 6) is 0. The first kappa shape index (κ1) is 17.1.